The van der Waals surface area contributed by atoms with Gasteiger partial charge in [0.2, 0.25) is 5.91 Å². The molecule has 0 radical (unpaired) electrons. The SMILES string of the molecule is COCC(NC(=O)OCC1c2ccccc2-c2ccccc21)C(=O)NC(CN(C)Cc1ccccc1)C(=O)O. The summed E-state index contributed by atoms with van der Waals surface area (Å²) in [5.41, 5.74) is 5.37. The van der Waals surface area contributed by atoms with E-state index < -0.39 is 30.1 Å². The molecular formula is C30H33N3O6. The molecule has 0 heterocycles. The topological polar surface area (TPSA) is 117 Å². The first-order valence-electron chi connectivity index (χ1n) is 12.7. The summed E-state index contributed by atoms with van der Waals surface area (Å²) in [4.78, 5) is 39.4. The van der Waals surface area contributed by atoms with E-state index in [1.165, 1.54) is 7.11 Å². The van der Waals surface area contributed by atoms with Gasteiger partial charge in [0, 0.05) is 26.1 Å². The van der Waals surface area contributed by atoms with Crippen LogP contribution in [0.4, 0.5) is 4.79 Å². The zero-order valence-electron chi connectivity index (χ0n) is 22.0. The first-order chi connectivity index (χ1) is 18.9. The molecule has 2 amide bonds. The van der Waals surface area contributed by atoms with Gasteiger partial charge in [0.05, 0.1) is 6.61 Å². The largest absolute Gasteiger partial charge is 0.480 e. The van der Waals surface area contributed by atoms with Gasteiger partial charge in [-0.25, -0.2) is 9.59 Å². The Balaban J connectivity index is 1.35. The summed E-state index contributed by atoms with van der Waals surface area (Å²) in [5.74, 6) is -1.99. The number of likely N-dealkylation sites (N-methyl/N-ethyl adjacent to an activating group) is 1. The van der Waals surface area contributed by atoms with Crippen molar-refractivity contribution in [3.8, 4) is 11.1 Å². The lowest BCUT2D eigenvalue weighted by molar-refractivity contribution is -0.142. The Labute approximate surface area is 227 Å². The van der Waals surface area contributed by atoms with Crippen LogP contribution in [0.5, 0.6) is 0 Å². The molecule has 4 rings (SSSR count). The van der Waals surface area contributed by atoms with Gasteiger partial charge in [-0.05, 0) is 34.9 Å². The molecule has 2 unspecified atom stereocenters. The van der Waals surface area contributed by atoms with Crippen LogP contribution >= 0.6 is 0 Å². The van der Waals surface area contributed by atoms with E-state index in [0.717, 1.165) is 27.8 Å². The average molecular weight is 532 g/mol. The minimum Gasteiger partial charge on any atom is -0.480 e. The lowest BCUT2D eigenvalue weighted by atomic mass is 9.98. The molecule has 0 aliphatic heterocycles. The molecule has 204 valence electrons. The van der Waals surface area contributed by atoms with Gasteiger partial charge >= 0.3 is 12.1 Å². The molecule has 9 heteroatoms. The monoisotopic (exact) mass is 531 g/mol. The van der Waals surface area contributed by atoms with Crippen molar-refractivity contribution in [1.29, 1.82) is 0 Å². The third kappa shape index (κ3) is 7.01. The van der Waals surface area contributed by atoms with Crippen molar-refractivity contribution in [2.45, 2.75) is 24.5 Å². The van der Waals surface area contributed by atoms with Crippen LogP contribution in [0.15, 0.2) is 78.9 Å². The Bertz CT molecular complexity index is 1250. The molecule has 3 aromatic rings. The fraction of sp³-hybridized carbons (Fsp3) is 0.300. The first kappa shape index (κ1) is 27.8. The molecule has 0 saturated carbocycles. The van der Waals surface area contributed by atoms with Gasteiger partial charge in [-0.1, -0.05) is 78.9 Å². The zero-order valence-corrected chi connectivity index (χ0v) is 22.0. The molecule has 0 aromatic heterocycles. The molecule has 0 bridgehead atoms. The minimum absolute atomic E-state index is 0.0701. The molecule has 0 saturated heterocycles. The molecule has 1 aliphatic carbocycles. The van der Waals surface area contributed by atoms with Crippen molar-refractivity contribution in [3.05, 3.63) is 95.6 Å². The van der Waals surface area contributed by atoms with Crippen molar-refractivity contribution < 1.29 is 29.0 Å². The fourth-order valence-electron chi connectivity index (χ4n) is 4.86. The van der Waals surface area contributed by atoms with E-state index in [2.05, 4.69) is 10.6 Å². The first-order valence-corrected chi connectivity index (χ1v) is 12.7. The number of rotatable bonds is 12. The smallest absolute Gasteiger partial charge is 0.407 e. The van der Waals surface area contributed by atoms with Crippen LogP contribution < -0.4 is 10.6 Å². The number of aliphatic carboxylic acids is 1. The van der Waals surface area contributed by atoms with E-state index in [1.54, 1.807) is 11.9 Å². The van der Waals surface area contributed by atoms with Crippen LogP contribution in [0.2, 0.25) is 0 Å². The summed E-state index contributed by atoms with van der Waals surface area (Å²) in [6.07, 6.45) is -0.790. The van der Waals surface area contributed by atoms with Crippen LogP contribution in [-0.2, 0) is 25.6 Å². The second-order valence-electron chi connectivity index (χ2n) is 9.56. The van der Waals surface area contributed by atoms with E-state index >= 15 is 0 Å². The number of ether oxygens (including phenoxy) is 2. The maximum atomic E-state index is 13.0. The predicted octanol–water partition coefficient (Wildman–Crippen LogP) is 3.24. The van der Waals surface area contributed by atoms with E-state index in [0.29, 0.717) is 6.54 Å². The number of benzene rings is 3. The van der Waals surface area contributed by atoms with Crippen LogP contribution in [-0.4, -0.2) is 74.0 Å². The van der Waals surface area contributed by atoms with Crippen molar-refractivity contribution in [2.24, 2.45) is 0 Å². The van der Waals surface area contributed by atoms with Gasteiger partial charge in [-0.3, -0.25) is 9.69 Å². The number of carbonyl (C=O) groups is 3. The van der Waals surface area contributed by atoms with E-state index in [-0.39, 0.29) is 25.7 Å². The minimum atomic E-state index is -1.19. The Hall–Kier alpha value is -4.21. The quantitative estimate of drug-likeness (QED) is 0.329. The van der Waals surface area contributed by atoms with Gasteiger partial charge in [-0.2, -0.15) is 0 Å². The second kappa shape index (κ2) is 13.0. The van der Waals surface area contributed by atoms with Crippen molar-refractivity contribution in [1.82, 2.24) is 15.5 Å². The number of methoxy groups -OCH3 is 1. The normalized spacial score (nSPS) is 13.7. The Morgan fingerprint density at radius 3 is 2.05 bits per heavy atom. The van der Waals surface area contributed by atoms with Gasteiger partial charge < -0.3 is 25.2 Å². The van der Waals surface area contributed by atoms with Crippen LogP contribution in [0.25, 0.3) is 11.1 Å². The molecule has 9 nitrogen and oxygen atoms in total. The van der Waals surface area contributed by atoms with Gasteiger partial charge in [0.15, 0.2) is 0 Å². The Morgan fingerprint density at radius 2 is 1.46 bits per heavy atom. The predicted molar refractivity (Wildman–Crippen MR) is 146 cm³/mol. The molecule has 3 aromatic carbocycles. The van der Waals surface area contributed by atoms with Crippen molar-refractivity contribution in [3.63, 3.8) is 0 Å². The number of hydrogen-bond donors (Lipinski definition) is 3. The summed E-state index contributed by atoms with van der Waals surface area (Å²) in [6, 6.07) is 23.3. The number of carboxylic acid groups (broad SMARTS) is 1. The summed E-state index contributed by atoms with van der Waals surface area (Å²) in [5, 5.41) is 14.8. The Morgan fingerprint density at radius 1 is 0.872 bits per heavy atom. The molecule has 39 heavy (non-hydrogen) atoms. The van der Waals surface area contributed by atoms with E-state index in [4.69, 9.17) is 9.47 Å². The van der Waals surface area contributed by atoms with Crippen LogP contribution in [0.1, 0.15) is 22.6 Å². The molecule has 1 aliphatic rings. The highest BCUT2D eigenvalue weighted by molar-refractivity contribution is 5.89. The lowest BCUT2D eigenvalue weighted by Crippen LogP contribution is -2.55. The van der Waals surface area contributed by atoms with Crippen LogP contribution in [0.3, 0.4) is 0 Å². The van der Waals surface area contributed by atoms with Gasteiger partial charge in [0.1, 0.15) is 18.7 Å². The molecule has 3 N–H and O–H groups in total. The summed E-state index contributed by atoms with van der Waals surface area (Å²) < 4.78 is 10.6. The highest BCUT2D eigenvalue weighted by Gasteiger charge is 2.31. The van der Waals surface area contributed by atoms with Crippen LogP contribution in [0, 0.1) is 0 Å². The highest BCUT2D eigenvalue weighted by atomic mass is 16.5. The standard InChI is InChI=1S/C30H33N3O6/c1-33(16-20-10-4-3-5-11-20)17-26(29(35)36)31-28(34)27(19-38-2)32-30(37)39-18-25-23-14-8-6-12-21(23)22-13-7-9-15-24(22)25/h3-15,25-27H,16-19H2,1-2H3,(H,31,34)(H,32,37)(H,35,36). The summed E-state index contributed by atoms with van der Waals surface area (Å²) in [7, 11) is 3.17. The fourth-order valence-corrected chi connectivity index (χ4v) is 4.86. The number of fused-ring (bicyclic) bond motifs is 3. The Kier molecular flexibility index (Phi) is 9.30. The molecule has 2 atom stereocenters. The second-order valence-corrected chi connectivity index (χ2v) is 9.56. The molecule has 0 spiro atoms. The van der Waals surface area contributed by atoms with E-state index in [9.17, 15) is 19.5 Å². The number of carboxylic acids is 1. The molecular weight excluding hydrogens is 498 g/mol. The van der Waals surface area contributed by atoms with E-state index in [1.807, 2.05) is 78.9 Å². The number of hydrogen-bond acceptors (Lipinski definition) is 6. The highest BCUT2D eigenvalue weighted by Crippen LogP contribution is 2.44. The number of nitrogens with one attached hydrogen (secondary N) is 2. The number of amides is 2. The molecule has 0 fully saturated rings. The summed E-state index contributed by atoms with van der Waals surface area (Å²) >= 11 is 0. The lowest BCUT2D eigenvalue weighted by Gasteiger charge is -2.25. The number of nitrogens with zero attached hydrogens (tertiary/aromatic N) is 1. The van der Waals surface area contributed by atoms with Crippen molar-refractivity contribution >= 4 is 18.0 Å². The number of carbonyl (C=O) groups excluding carboxylic acids is 2. The summed E-state index contributed by atoms with van der Waals surface area (Å²) in [6.45, 7) is 0.520. The zero-order chi connectivity index (χ0) is 27.8. The maximum absolute atomic E-state index is 13.0. The average Bonchev–Trinajstić information content (AvgIpc) is 3.25. The van der Waals surface area contributed by atoms with Gasteiger partial charge in [-0.15, -0.1) is 0 Å². The van der Waals surface area contributed by atoms with Gasteiger partial charge in [0.25, 0.3) is 0 Å². The third-order valence-corrected chi connectivity index (χ3v) is 6.69. The maximum Gasteiger partial charge on any atom is 0.407 e. The van der Waals surface area contributed by atoms with Crippen molar-refractivity contribution in [2.75, 3.05) is 33.9 Å². The number of alkyl carbamates (subject to hydrolysis) is 1. The third-order valence-electron chi connectivity index (χ3n) is 6.69.